The minimum absolute atomic E-state index is 0.139. The molecule has 0 aliphatic carbocycles. The minimum Gasteiger partial charge on any atom is -0.494 e. The highest BCUT2D eigenvalue weighted by atomic mass is 16.5. The Morgan fingerprint density at radius 1 is 1.03 bits per heavy atom. The molecule has 1 aromatic heterocycles. The summed E-state index contributed by atoms with van der Waals surface area (Å²) in [6, 6.07) is 11.2. The smallest absolute Gasteiger partial charge is 0.226 e. The number of rotatable bonds is 8. The van der Waals surface area contributed by atoms with Crippen LogP contribution in [0.3, 0.4) is 0 Å². The van der Waals surface area contributed by atoms with E-state index < -0.39 is 0 Å². The van der Waals surface area contributed by atoms with Crippen LogP contribution in [-0.2, 0) is 16.0 Å². The Kier molecular flexibility index (Phi) is 6.54. The Bertz CT molecular complexity index is 1010. The molecule has 0 fully saturated rings. The maximum absolute atomic E-state index is 12.2. The molecule has 3 aromatic rings. The van der Waals surface area contributed by atoms with Crippen molar-refractivity contribution in [2.45, 2.75) is 33.6 Å². The normalized spacial score (nSPS) is 10.7. The molecule has 2 aromatic carbocycles. The summed E-state index contributed by atoms with van der Waals surface area (Å²) in [7, 11) is 0. The van der Waals surface area contributed by atoms with Crippen molar-refractivity contribution in [3.05, 3.63) is 59.4 Å². The fourth-order valence-corrected chi connectivity index (χ4v) is 3.10. The van der Waals surface area contributed by atoms with Gasteiger partial charge in [0.1, 0.15) is 11.3 Å². The molecular weight excluding hydrogens is 368 g/mol. The zero-order valence-corrected chi connectivity index (χ0v) is 17.0. The largest absolute Gasteiger partial charge is 0.494 e. The van der Waals surface area contributed by atoms with Gasteiger partial charge in [-0.25, -0.2) is 0 Å². The monoisotopic (exact) mass is 394 g/mol. The number of fused-ring (bicyclic) bond motifs is 1. The van der Waals surface area contributed by atoms with Gasteiger partial charge in [0.25, 0.3) is 0 Å². The lowest BCUT2D eigenvalue weighted by molar-refractivity contribution is -0.120. The van der Waals surface area contributed by atoms with Crippen LogP contribution in [0, 0.1) is 13.8 Å². The molecule has 2 amide bonds. The number of amides is 2. The predicted octanol–water partition coefficient (Wildman–Crippen LogP) is 4.14. The van der Waals surface area contributed by atoms with Crippen molar-refractivity contribution in [1.29, 1.82) is 0 Å². The number of hydrogen-bond donors (Lipinski definition) is 2. The summed E-state index contributed by atoms with van der Waals surface area (Å²) in [5.74, 6) is 0.462. The number of aryl methyl sites for hydroxylation is 2. The van der Waals surface area contributed by atoms with E-state index in [1.54, 1.807) is 30.5 Å². The lowest BCUT2D eigenvalue weighted by Gasteiger charge is -2.08. The topological polar surface area (TPSA) is 80.6 Å². The average molecular weight is 394 g/mol. The molecule has 0 aliphatic heterocycles. The lowest BCUT2D eigenvalue weighted by atomic mass is 10.0. The number of furan rings is 1. The molecule has 6 nitrogen and oxygen atoms in total. The van der Waals surface area contributed by atoms with Gasteiger partial charge in [0.2, 0.25) is 11.8 Å². The second kappa shape index (κ2) is 9.28. The second-order valence-corrected chi connectivity index (χ2v) is 6.93. The number of benzene rings is 2. The van der Waals surface area contributed by atoms with Gasteiger partial charge in [0.15, 0.2) is 0 Å². The molecule has 0 bridgehead atoms. The summed E-state index contributed by atoms with van der Waals surface area (Å²) >= 11 is 0. The molecule has 3 rings (SSSR count). The van der Waals surface area contributed by atoms with Crippen molar-refractivity contribution in [3.63, 3.8) is 0 Å². The number of nitrogens with one attached hydrogen (secondary N) is 2. The second-order valence-electron chi connectivity index (χ2n) is 6.93. The number of hydrogen-bond acceptors (Lipinski definition) is 4. The minimum atomic E-state index is -0.158. The fraction of sp³-hybridized carbons (Fsp3) is 0.304. The van der Waals surface area contributed by atoms with Crippen LogP contribution in [0.4, 0.5) is 5.69 Å². The summed E-state index contributed by atoms with van der Waals surface area (Å²) < 4.78 is 11.0. The van der Waals surface area contributed by atoms with Gasteiger partial charge in [-0.1, -0.05) is 12.1 Å². The van der Waals surface area contributed by atoms with Gasteiger partial charge in [-0.2, -0.15) is 0 Å². The highest BCUT2D eigenvalue weighted by molar-refractivity contribution is 5.92. The van der Waals surface area contributed by atoms with Crippen LogP contribution in [0.1, 0.15) is 30.0 Å². The summed E-state index contributed by atoms with van der Waals surface area (Å²) in [5.41, 5.74) is 4.60. The first-order valence-electron chi connectivity index (χ1n) is 9.73. The highest BCUT2D eigenvalue weighted by Crippen LogP contribution is 2.26. The van der Waals surface area contributed by atoms with Gasteiger partial charge < -0.3 is 19.8 Å². The first-order valence-corrected chi connectivity index (χ1v) is 9.73. The molecule has 2 N–H and O–H groups in total. The van der Waals surface area contributed by atoms with Crippen LogP contribution >= 0.6 is 0 Å². The standard InChI is InChI=1S/C23H26N2O4/c1-4-28-19-8-6-18(7-9-19)25-21(26)11-12-24-22(27)13-17-14-29-23-16(3)15(2)5-10-20(17)23/h5-10,14H,4,11-13H2,1-3H3,(H,24,27)(H,25,26). The molecule has 0 spiro atoms. The number of carbonyl (C=O) groups excluding carboxylic acids is 2. The fourth-order valence-electron chi connectivity index (χ4n) is 3.10. The van der Waals surface area contributed by atoms with E-state index in [0.717, 1.165) is 33.4 Å². The maximum atomic E-state index is 12.2. The molecule has 0 saturated carbocycles. The predicted molar refractivity (Wildman–Crippen MR) is 113 cm³/mol. The maximum Gasteiger partial charge on any atom is 0.226 e. The van der Waals surface area contributed by atoms with Crippen LogP contribution in [0.2, 0.25) is 0 Å². The van der Waals surface area contributed by atoms with Gasteiger partial charge in [-0.15, -0.1) is 0 Å². The highest BCUT2D eigenvalue weighted by Gasteiger charge is 2.13. The first kappa shape index (κ1) is 20.5. The van der Waals surface area contributed by atoms with Gasteiger partial charge >= 0.3 is 0 Å². The summed E-state index contributed by atoms with van der Waals surface area (Å²) in [6.07, 6.45) is 2.05. The molecule has 152 valence electrons. The van der Waals surface area contributed by atoms with E-state index in [1.807, 2.05) is 32.9 Å². The van der Waals surface area contributed by atoms with Gasteiger partial charge in [0, 0.05) is 29.6 Å². The van der Waals surface area contributed by atoms with Crippen LogP contribution in [-0.4, -0.2) is 25.0 Å². The Morgan fingerprint density at radius 2 is 1.79 bits per heavy atom. The van der Waals surface area contributed by atoms with Crippen molar-refractivity contribution in [3.8, 4) is 5.75 Å². The molecular formula is C23H26N2O4. The Labute approximate surface area is 170 Å². The van der Waals surface area contributed by atoms with Crippen LogP contribution in [0.15, 0.2) is 47.1 Å². The third-order valence-electron chi connectivity index (χ3n) is 4.82. The summed E-state index contributed by atoms with van der Waals surface area (Å²) in [5, 5.41) is 6.55. The molecule has 0 unspecified atom stereocenters. The molecule has 0 saturated heterocycles. The molecule has 0 aliphatic rings. The zero-order chi connectivity index (χ0) is 20.8. The van der Waals surface area contributed by atoms with E-state index in [9.17, 15) is 9.59 Å². The van der Waals surface area contributed by atoms with E-state index in [4.69, 9.17) is 9.15 Å². The van der Waals surface area contributed by atoms with E-state index in [2.05, 4.69) is 10.6 Å². The SMILES string of the molecule is CCOc1ccc(NC(=O)CCNC(=O)Cc2coc3c(C)c(C)ccc23)cc1. The van der Waals surface area contributed by atoms with Gasteiger partial charge in [0.05, 0.1) is 19.3 Å². The average Bonchev–Trinajstić information content (AvgIpc) is 3.10. The van der Waals surface area contributed by atoms with E-state index >= 15 is 0 Å². The third kappa shape index (κ3) is 5.16. The van der Waals surface area contributed by atoms with Crippen molar-refractivity contribution < 1.29 is 18.7 Å². The van der Waals surface area contributed by atoms with E-state index in [1.165, 1.54) is 0 Å². The molecule has 0 radical (unpaired) electrons. The number of anilines is 1. The van der Waals surface area contributed by atoms with Crippen molar-refractivity contribution in [1.82, 2.24) is 5.32 Å². The zero-order valence-electron chi connectivity index (χ0n) is 17.0. The van der Waals surface area contributed by atoms with Gasteiger partial charge in [-0.05, 0) is 56.2 Å². The van der Waals surface area contributed by atoms with Crippen molar-refractivity contribution >= 4 is 28.5 Å². The number of carbonyl (C=O) groups is 2. The van der Waals surface area contributed by atoms with Crippen molar-refractivity contribution in [2.24, 2.45) is 0 Å². The molecule has 6 heteroatoms. The van der Waals surface area contributed by atoms with Crippen LogP contribution in [0.25, 0.3) is 11.0 Å². The van der Waals surface area contributed by atoms with Crippen molar-refractivity contribution in [2.75, 3.05) is 18.5 Å². The molecule has 1 heterocycles. The Hall–Kier alpha value is -3.28. The Morgan fingerprint density at radius 3 is 2.52 bits per heavy atom. The Balaban J connectivity index is 1.46. The summed E-state index contributed by atoms with van der Waals surface area (Å²) in [6.45, 7) is 6.83. The molecule has 29 heavy (non-hydrogen) atoms. The van der Waals surface area contributed by atoms with Crippen LogP contribution < -0.4 is 15.4 Å². The summed E-state index contributed by atoms with van der Waals surface area (Å²) in [4.78, 5) is 24.3. The molecule has 0 atom stereocenters. The number of ether oxygens (including phenoxy) is 1. The van der Waals surface area contributed by atoms with E-state index in [0.29, 0.717) is 12.3 Å². The quantitative estimate of drug-likeness (QED) is 0.602. The van der Waals surface area contributed by atoms with Crippen LogP contribution in [0.5, 0.6) is 5.75 Å². The van der Waals surface area contributed by atoms with E-state index in [-0.39, 0.29) is 31.2 Å². The van der Waals surface area contributed by atoms with Gasteiger partial charge in [-0.3, -0.25) is 9.59 Å². The first-order chi connectivity index (χ1) is 14.0. The third-order valence-corrected chi connectivity index (χ3v) is 4.82. The lowest BCUT2D eigenvalue weighted by Crippen LogP contribution is -2.28.